The number of aromatic nitrogens is 1. The van der Waals surface area contributed by atoms with Crippen LogP contribution in [0.3, 0.4) is 0 Å². The van der Waals surface area contributed by atoms with Gasteiger partial charge in [0.1, 0.15) is 23.0 Å². The summed E-state index contributed by atoms with van der Waals surface area (Å²) in [5.41, 5.74) is 7.24. The maximum Gasteiger partial charge on any atom is 0.252 e. The van der Waals surface area contributed by atoms with Gasteiger partial charge in [0.25, 0.3) is 5.91 Å². The molecule has 0 bridgehead atoms. The summed E-state index contributed by atoms with van der Waals surface area (Å²) in [7, 11) is 0. The van der Waals surface area contributed by atoms with E-state index in [0.29, 0.717) is 65.1 Å². The number of fused-ring (bicyclic) bond motifs is 1. The summed E-state index contributed by atoms with van der Waals surface area (Å²) in [6.07, 6.45) is 7.20. The molecule has 206 valence electrons. The fourth-order valence-corrected chi connectivity index (χ4v) is 4.56. The second-order valence-corrected chi connectivity index (χ2v) is 10.4. The summed E-state index contributed by atoms with van der Waals surface area (Å²) < 4.78 is 12.0. The van der Waals surface area contributed by atoms with E-state index in [1.165, 1.54) is 0 Å². The first-order valence-electron chi connectivity index (χ1n) is 13.0. The molecule has 8 nitrogen and oxygen atoms in total. The molecule has 4 rings (SSSR count). The molecular formula is C29H32ClN3O5S. The molecule has 0 atom stereocenters. The SMILES string of the molecule is NC(=O)c1cc2c(Oc3ccc(CC(=O)CC4CC4)c(Cl)c3)ccnc2cc1OCCCCCNC(=O)CS. The molecular weight excluding hydrogens is 538 g/mol. The van der Waals surface area contributed by atoms with E-state index in [0.717, 1.165) is 37.7 Å². The van der Waals surface area contributed by atoms with E-state index >= 15 is 0 Å². The van der Waals surface area contributed by atoms with Crippen LogP contribution in [0.25, 0.3) is 10.9 Å². The summed E-state index contributed by atoms with van der Waals surface area (Å²) in [5, 5.41) is 3.83. The summed E-state index contributed by atoms with van der Waals surface area (Å²) in [6, 6.07) is 10.3. The van der Waals surface area contributed by atoms with Gasteiger partial charge in [0.05, 0.1) is 23.4 Å². The van der Waals surface area contributed by atoms with Gasteiger partial charge in [-0.25, -0.2) is 0 Å². The molecule has 1 saturated carbocycles. The number of unbranched alkanes of at least 4 members (excludes halogenated alkanes) is 2. The van der Waals surface area contributed by atoms with Crippen molar-refractivity contribution < 1.29 is 23.9 Å². The second kappa shape index (κ2) is 13.7. The molecule has 3 N–H and O–H groups in total. The van der Waals surface area contributed by atoms with Gasteiger partial charge >= 0.3 is 0 Å². The number of ether oxygens (including phenoxy) is 2. The second-order valence-electron chi connectivity index (χ2n) is 9.67. The number of nitrogens with two attached hydrogens (primary N) is 1. The molecule has 1 aromatic heterocycles. The van der Waals surface area contributed by atoms with Crippen LogP contribution in [0.5, 0.6) is 17.2 Å². The molecule has 2 aromatic carbocycles. The average molecular weight is 570 g/mol. The van der Waals surface area contributed by atoms with Gasteiger partial charge < -0.3 is 20.5 Å². The third kappa shape index (κ3) is 8.34. The Kier molecular flexibility index (Phi) is 10.1. The number of pyridine rings is 1. The summed E-state index contributed by atoms with van der Waals surface area (Å²) in [4.78, 5) is 40.1. The quantitative estimate of drug-likeness (QED) is 0.169. The highest BCUT2D eigenvalue weighted by atomic mass is 35.5. The Morgan fingerprint density at radius 3 is 2.62 bits per heavy atom. The number of carbonyl (C=O) groups is 3. The van der Waals surface area contributed by atoms with Crippen LogP contribution in [0.2, 0.25) is 5.02 Å². The predicted octanol–water partition coefficient (Wildman–Crippen LogP) is 5.29. The molecule has 10 heteroatoms. The molecule has 0 spiro atoms. The predicted molar refractivity (Wildman–Crippen MR) is 154 cm³/mol. The van der Waals surface area contributed by atoms with Crippen molar-refractivity contribution in [2.24, 2.45) is 11.7 Å². The lowest BCUT2D eigenvalue weighted by Crippen LogP contribution is -2.25. The van der Waals surface area contributed by atoms with Gasteiger partial charge in [0.2, 0.25) is 5.91 Å². The number of thiol groups is 1. The molecule has 0 radical (unpaired) electrons. The molecule has 0 unspecified atom stereocenters. The van der Waals surface area contributed by atoms with Crippen LogP contribution in [-0.4, -0.2) is 41.5 Å². The van der Waals surface area contributed by atoms with Crippen molar-refractivity contribution in [2.45, 2.75) is 44.9 Å². The molecule has 1 fully saturated rings. The van der Waals surface area contributed by atoms with Crippen molar-refractivity contribution in [1.82, 2.24) is 10.3 Å². The van der Waals surface area contributed by atoms with E-state index < -0.39 is 5.91 Å². The minimum absolute atomic E-state index is 0.0940. The Hall–Kier alpha value is -3.30. The minimum atomic E-state index is -0.626. The number of carbonyl (C=O) groups excluding carboxylic acids is 3. The van der Waals surface area contributed by atoms with E-state index in [9.17, 15) is 14.4 Å². The molecule has 1 aliphatic rings. The fourth-order valence-electron chi connectivity index (χ4n) is 4.21. The van der Waals surface area contributed by atoms with Crippen molar-refractivity contribution in [1.29, 1.82) is 0 Å². The smallest absolute Gasteiger partial charge is 0.252 e. The summed E-state index contributed by atoms with van der Waals surface area (Å²) in [5.74, 6) is 1.52. The van der Waals surface area contributed by atoms with Crippen molar-refractivity contribution >= 4 is 52.7 Å². The number of rotatable bonds is 15. The van der Waals surface area contributed by atoms with Crippen LogP contribution in [0.15, 0.2) is 42.6 Å². The monoisotopic (exact) mass is 569 g/mol. The van der Waals surface area contributed by atoms with E-state index in [-0.39, 0.29) is 23.0 Å². The Morgan fingerprint density at radius 2 is 1.90 bits per heavy atom. The number of hydrogen-bond donors (Lipinski definition) is 3. The maximum atomic E-state index is 12.2. The van der Waals surface area contributed by atoms with Gasteiger partial charge in [0.15, 0.2) is 0 Å². The number of primary amides is 1. The fraction of sp³-hybridized carbons (Fsp3) is 0.379. The number of hydrogen-bond acceptors (Lipinski definition) is 7. The standard InChI is InChI=1S/C29H32ClN3O5S/c30-24-14-21(7-6-19(24)13-20(34)12-18-4-5-18)38-26-8-10-32-25-16-27(23(29(31)36)15-22(25)26)37-11-3-1-2-9-33-28(35)17-39/h6-8,10,14-16,18,39H,1-5,9,11-13,17H2,(H2,31,36)(H,33,35). The van der Waals surface area contributed by atoms with Crippen molar-refractivity contribution in [3.63, 3.8) is 0 Å². The molecule has 0 saturated heterocycles. The zero-order chi connectivity index (χ0) is 27.8. The van der Waals surface area contributed by atoms with E-state index in [4.69, 9.17) is 26.8 Å². The number of ketones is 1. The van der Waals surface area contributed by atoms with Gasteiger partial charge in [-0.3, -0.25) is 19.4 Å². The lowest BCUT2D eigenvalue weighted by molar-refractivity contribution is -0.119. The lowest BCUT2D eigenvalue weighted by atomic mass is 10.0. The zero-order valence-electron chi connectivity index (χ0n) is 21.6. The number of nitrogens with one attached hydrogen (secondary N) is 1. The minimum Gasteiger partial charge on any atom is -0.493 e. The maximum absolute atomic E-state index is 12.2. The number of amides is 2. The number of benzene rings is 2. The zero-order valence-corrected chi connectivity index (χ0v) is 23.2. The average Bonchev–Trinajstić information content (AvgIpc) is 3.73. The lowest BCUT2D eigenvalue weighted by Gasteiger charge is -2.14. The molecule has 1 aliphatic carbocycles. The van der Waals surface area contributed by atoms with Gasteiger partial charge in [-0.2, -0.15) is 12.6 Å². The van der Waals surface area contributed by atoms with Crippen LogP contribution in [0, 0.1) is 5.92 Å². The van der Waals surface area contributed by atoms with E-state index in [2.05, 4.69) is 22.9 Å². The molecule has 0 aliphatic heterocycles. The third-order valence-electron chi connectivity index (χ3n) is 6.47. The Bertz CT molecular complexity index is 1360. The highest BCUT2D eigenvalue weighted by molar-refractivity contribution is 7.81. The van der Waals surface area contributed by atoms with Gasteiger partial charge in [-0.15, -0.1) is 0 Å². The third-order valence-corrected chi connectivity index (χ3v) is 7.11. The normalized spacial score (nSPS) is 12.8. The van der Waals surface area contributed by atoms with Crippen LogP contribution in [0.1, 0.15) is 54.4 Å². The van der Waals surface area contributed by atoms with Gasteiger partial charge in [-0.1, -0.05) is 17.7 Å². The Morgan fingerprint density at radius 1 is 1.08 bits per heavy atom. The Balaban J connectivity index is 1.42. The van der Waals surface area contributed by atoms with E-state index in [1.807, 2.05) is 0 Å². The molecule has 3 aromatic rings. The van der Waals surface area contributed by atoms with Gasteiger partial charge in [0, 0.05) is 42.1 Å². The number of nitrogens with zero attached hydrogens (tertiary/aromatic N) is 1. The van der Waals surface area contributed by atoms with Crippen molar-refractivity contribution in [2.75, 3.05) is 18.9 Å². The van der Waals surface area contributed by atoms with Crippen LogP contribution < -0.4 is 20.5 Å². The largest absolute Gasteiger partial charge is 0.493 e. The van der Waals surface area contributed by atoms with Crippen LogP contribution in [0.4, 0.5) is 0 Å². The first-order valence-corrected chi connectivity index (χ1v) is 14.1. The first kappa shape index (κ1) is 28.7. The highest BCUT2D eigenvalue weighted by Crippen LogP contribution is 2.36. The number of Topliss-reactive ketones (excluding diaryl/α,β-unsaturated/α-hetero) is 1. The Labute approximate surface area is 238 Å². The highest BCUT2D eigenvalue weighted by Gasteiger charge is 2.24. The van der Waals surface area contributed by atoms with E-state index in [1.54, 1.807) is 42.6 Å². The van der Waals surface area contributed by atoms with Crippen molar-refractivity contribution in [3.05, 3.63) is 58.7 Å². The van der Waals surface area contributed by atoms with Crippen LogP contribution >= 0.6 is 24.2 Å². The molecule has 2 amide bonds. The number of halogens is 1. The summed E-state index contributed by atoms with van der Waals surface area (Å²) in [6.45, 7) is 0.970. The van der Waals surface area contributed by atoms with Gasteiger partial charge in [-0.05, 0) is 67.9 Å². The topological polar surface area (TPSA) is 121 Å². The molecule has 1 heterocycles. The van der Waals surface area contributed by atoms with Crippen molar-refractivity contribution in [3.8, 4) is 17.2 Å². The molecule has 39 heavy (non-hydrogen) atoms. The van der Waals surface area contributed by atoms with Crippen LogP contribution in [-0.2, 0) is 16.0 Å². The first-order chi connectivity index (χ1) is 18.8. The summed E-state index contributed by atoms with van der Waals surface area (Å²) >= 11 is 10.4.